The highest BCUT2D eigenvalue weighted by atomic mass is 16.1. The molecule has 1 unspecified atom stereocenters. The van der Waals surface area contributed by atoms with Crippen LogP contribution < -0.4 is 11.1 Å². The highest BCUT2D eigenvalue weighted by molar-refractivity contribution is 5.77. The Morgan fingerprint density at radius 3 is 2.47 bits per heavy atom. The van der Waals surface area contributed by atoms with Gasteiger partial charge in [-0.25, -0.2) is 0 Å². The normalized spacial score (nSPS) is 20.5. The smallest absolute Gasteiger partial charge is 0.233 e. The molecule has 0 spiro atoms. The third kappa shape index (κ3) is 4.64. The lowest BCUT2D eigenvalue weighted by Crippen LogP contribution is -2.50. The third-order valence-electron chi connectivity index (χ3n) is 3.75. The number of rotatable bonds is 5. The summed E-state index contributed by atoms with van der Waals surface area (Å²) in [5, 5.41) is 2.92. The van der Waals surface area contributed by atoms with Gasteiger partial charge in [0, 0.05) is 12.6 Å². The molecular formula is C13H27N3O. The SMILES string of the molecule is CC1CCN(C(CNC(=O)CN)C(C)C)CC1. The number of nitrogens with zero attached hydrogens (tertiary/aromatic N) is 1. The molecule has 0 saturated carbocycles. The molecule has 0 radical (unpaired) electrons. The third-order valence-corrected chi connectivity index (χ3v) is 3.75. The zero-order valence-electron chi connectivity index (χ0n) is 11.4. The van der Waals surface area contributed by atoms with Crippen molar-refractivity contribution in [1.82, 2.24) is 10.2 Å². The summed E-state index contributed by atoms with van der Waals surface area (Å²) < 4.78 is 0. The average Bonchev–Trinajstić information content (AvgIpc) is 2.31. The molecule has 0 aromatic rings. The van der Waals surface area contributed by atoms with E-state index in [-0.39, 0.29) is 12.5 Å². The standard InChI is InChI=1S/C13H27N3O/c1-10(2)12(9-15-13(17)8-14)16-6-4-11(3)5-7-16/h10-12H,4-9,14H2,1-3H3,(H,15,17). The number of carbonyl (C=O) groups is 1. The van der Waals surface area contributed by atoms with Gasteiger partial charge in [-0.05, 0) is 37.8 Å². The molecule has 0 aromatic carbocycles. The molecule has 1 aliphatic rings. The predicted octanol–water partition coefficient (Wildman–Crippen LogP) is 0.818. The Morgan fingerprint density at radius 1 is 1.41 bits per heavy atom. The summed E-state index contributed by atoms with van der Waals surface area (Å²) in [5.41, 5.74) is 5.31. The van der Waals surface area contributed by atoms with E-state index in [0.717, 1.165) is 25.6 Å². The van der Waals surface area contributed by atoms with Gasteiger partial charge in [-0.2, -0.15) is 0 Å². The van der Waals surface area contributed by atoms with Crippen molar-refractivity contribution in [2.24, 2.45) is 17.6 Å². The molecule has 1 heterocycles. The van der Waals surface area contributed by atoms with Crippen molar-refractivity contribution in [2.45, 2.75) is 39.7 Å². The monoisotopic (exact) mass is 241 g/mol. The lowest BCUT2D eigenvalue weighted by molar-refractivity contribution is -0.120. The van der Waals surface area contributed by atoms with E-state index in [2.05, 4.69) is 31.0 Å². The van der Waals surface area contributed by atoms with E-state index in [0.29, 0.717) is 12.0 Å². The number of amides is 1. The van der Waals surface area contributed by atoms with Crippen LogP contribution in [0.4, 0.5) is 0 Å². The molecule has 4 nitrogen and oxygen atoms in total. The number of hydrogen-bond donors (Lipinski definition) is 2. The minimum Gasteiger partial charge on any atom is -0.353 e. The van der Waals surface area contributed by atoms with Gasteiger partial charge in [-0.1, -0.05) is 20.8 Å². The number of nitrogens with one attached hydrogen (secondary N) is 1. The van der Waals surface area contributed by atoms with Crippen LogP contribution in [-0.2, 0) is 4.79 Å². The van der Waals surface area contributed by atoms with Crippen LogP contribution in [0.25, 0.3) is 0 Å². The van der Waals surface area contributed by atoms with Gasteiger partial charge >= 0.3 is 0 Å². The summed E-state index contributed by atoms with van der Waals surface area (Å²) in [4.78, 5) is 13.7. The minimum absolute atomic E-state index is 0.0546. The fourth-order valence-corrected chi connectivity index (χ4v) is 2.44. The van der Waals surface area contributed by atoms with Crippen LogP contribution in [0.3, 0.4) is 0 Å². The van der Waals surface area contributed by atoms with Crippen LogP contribution in [0.5, 0.6) is 0 Å². The van der Waals surface area contributed by atoms with E-state index in [1.54, 1.807) is 0 Å². The summed E-state index contributed by atoms with van der Waals surface area (Å²) in [7, 11) is 0. The topological polar surface area (TPSA) is 58.4 Å². The quantitative estimate of drug-likeness (QED) is 0.749. The van der Waals surface area contributed by atoms with Crippen molar-refractivity contribution in [3.8, 4) is 0 Å². The van der Waals surface area contributed by atoms with Crippen LogP contribution >= 0.6 is 0 Å². The molecule has 0 aromatic heterocycles. The van der Waals surface area contributed by atoms with Crippen LogP contribution in [-0.4, -0.2) is 43.0 Å². The molecule has 4 heteroatoms. The van der Waals surface area contributed by atoms with Gasteiger partial charge in [0.2, 0.25) is 5.91 Å². The molecular weight excluding hydrogens is 214 g/mol. The molecule has 1 fully saturated rings. The van der Waals surface area contributed by atoms with E-state index < -0.39 is 0 Å². The molecule has 1 aliphatic heterocycles. The Hall–Kier alpha value is -0.610. The van der Waals surface area contributed by atoms with Gasteiger partial charge in [0.25, 0.3) is 0 Å². The fourth-order valence-electron chi connectivity index (χ4n) is 2.44. The van der Waals surface area contributed by atoms with Crippen molar-refractivity contribution < 1.29 is 4.79 Å². The Kier molecular flexibility index (Phi) is 5.92. The minimum atomic E-state index is -0.0546. The van der Waals surface area contributed by atoms with Gasteiger partial charge < -0.3 is 11.1 Å². The molecule has 100 valence electrons. The molecule has 0 aliphatic carbocycles. The lowest BCUT2D eigenvalue weighted by Gasteiger charge is -2.38. The first-order valence-corrected chi connectivity index (χ1v) is 6.75. The molecule has 0 bridgehead atoms. The van der Waals surface area contributed by atoms with Crippen LogP contribution in [0.2, 0.25) is 0 Å². The van der Waals surface area contributed by atoms with E-state index in [1.165, 1.54) is 12.8 Å². The summed E-state index contributed by atoms with van der Waals surface area (Å²) in [6, 6.07) is 0.443. The summed E-state index contributed by atoms with van der Waals surface area (Å²) in [6.45, 7) is 9.88. The van der Waals surface area contributed by atoms with Crippen LogP contribution in [0, 0.1) is 11.8 Å². The highest BCUT2D eigenvalue weighted by Gasteiger charge is 2.25. The molecule has 1 rings (SSSR count). The largest absolute Gasteiger partial charge is 0.353 e. The van der Waals surface area contributed by atoms with Crippen molar-refractivity contribution in [3.05, 3.63) is 0 Å². The summed E-state index contributed by atoms with van der Waals surface area (Å²) in [6.07, 6.45) is 2.54. The first-order chi connectivity index (χ1) is 8.04. The highest BCUT2D eigenvalue weighted by Crippen LogP contribution is 2.20. The van der Waals surface area contributed by atoms with Crippen LogP contribution in [0.1, 0.15) is 33.6 Å². The maximum absolute atomic E-state index is 11.2. The van der Waals surface area contributed by atoms with Gasteiger partial charge in [-0.15, -0.1) is 0 Å². The second-order valence-corrected chi connectivity index (χ2v) is 5.54. The number of likely N-dealkylation sites (tertiary alicyclic amines) is 1. The van der Waals surface area contributed by atoms with Crippen molar-refractivity contribution in [3.63, 3.8) is 0 Å². The van der Waals surface area contributed by atoms with E-state index in [4.69, 9.17) is 5.73 Å². The lowest BCUT2D eigenvalue weighted by atomic mass is 9.94. The maximum atomic E-state index is 11.2. The Labute approximate surface area is 105 Å². The summed E-state index contributed by atoms with van der Waals surface area (Å²) >= 11 is 0. The second kappa shape index (κ2) is 6.97. The number of nitrogens with two attached hydrogens (primary N) is 1. The van der Waals surface area contributed by atoms with Crippen molar-refractivity contribution in [2.75, 3.05) is 26.2 Å². The van der Waals surface area contributed by atoms with Gasteiger partial charge in [0.05, 0.1) is 6.54 Å². The Morgan fingerprint density at radius 2 is 2.00 bits per heavy atom. The number of piperidine rings is 1. The second-order valence-electron chi connectivity index (χ2n) is 5.54. The molecule has 1 amide bonds. The van der Waals surface area contributed by atoms with Gasteiger partial charge in [-0.3, -0.25) is 9.69 Å². The van der Waals surface area contributed by atoms with Crippen molar-refractivity contribution >= 4 is 5.91 Å². The first-order valence-electron chi connectivity index (χ1n) is 6.75. The average molecular weight is 241 g/mol. The van der Waals surface area contributed by atoms with Gasteiger partial charge in [0.1, 0.15) is 0 Å². The maximum Gasteiger partial charge on any atom is 0.233 e. The molecule has 1 saturated heterocycles. The first kappa shape index (κ1) is 14.5. The number of hydrogen-bond acceptors (Lipinski definition) is 3. The Bertz CT molecular complexity index is 235. The van der Waals surface area contributed by atoms with Crippen LogP contribution in [0.15, 0.2) is 0 Å². The van der Waals surface area contributed by atoms with E-state index in [9.17, 15) is 4.79 Å². The zero-order valence-corrected chi connectivity index (χ0v) is 11.4. The molecule has 3 N–H and O–H groups in total. The Balaban J connectivity index is 2.45. The number of carbonyl (C=O) groups excluding carboxylic acids is 1. The fraction of sp³-hybridized carbons (Fsp3) is 0.923. The van der Waals surface area contributed by atoms with Crippen molar-refractivity contribution in [1.29, 1.82) is 0 Å². The predicted molar refractivity (Wildman–Crippen MR) is 70.7 cm³/mol. The summed E-state index contributed by atoms with van der Waals surface area (Å²) in [5.74, 6) is 1.35. The van der Waals surface area contributed by atoms with E-state index in [1.807, 2.05) is 0 Å². The molecule has 1 atom stereocenters. The van der Waals surface area contributed by atoms with E-state index >= 15 is 0 Å². The molecule has 17 heavy (non-hydrogen) atoms. The van der Waals surface area contributed by atoms with Gasteiger partial charge in [0.15, 0.2) is 0 Å². The zero-order chi connectivity index (χ0) is 12.8.